The van der Waals surface area contributed by atoms with Crippen molar-refractivity contribution in [2.75, 3.05) is 5.73 Å². The lowest BCUT2D eigenvalue weighted by Crippen LogP contribution is -2.33. The van der Waals surface area contributed by atoms with Gasteiger partial charge in [0.25, 0.3) is 0 Å². The minimum Gasteiger partial charge on any atom is -0.481 e. The van der Waals surface area contributed by atoms with E-state index < -0.39 is 5.97 Å². The summed E-state index contributed by atoms with van der Waals surface area (Å²) in [5.41, 5.74) is 7.15. The molecule has 1 aromatic rings. The van der Waals surface area contributed by atoms with Crippen molar-refractivity contribution in [2.24, 2.45) is 0 Å². The lowest BCUT2D eigenvalue weighted by atomic mass is 10.1. The van der Waals surface area contributed by atoms with Crippen LogP contribution in [0.3, 0.4) is 0 Å². The second-order valence-corrected chi connectivity index (χ2v) is 4.67. The number of anilines is 1. The number of carboxylic acid groups (broad SMARTS) is 1. The fraction of sp³-hybridized carbons (Fsp3) is 0.429. The quantitative estimate of drug-likeness (QED) is 0.652. The van der Waals surface area contributed by atoms with Crippen LogP contribution in [0.5, 0.6) is 0 Å². The van der Waals surface area contributed by atoms with Crippen molar-refractivity contribution in [3.63, 3.8) is 0 Å². The van der Waals surface area contributed by atoms with Gasteiger partial charge in [-0.2, -0.15) is 0 Å². The van der Waals surface area contributed by atoms with Gasteiger partial charge in [-0.3, -0.25) is 9.59 Å². The Bertz CT molecular complexity index is 429. The Morgan fingerprint density at radius 1 is 1.32 bits per heavy atom. The van der Waals surface area contributed by atoms with Crippen LogP contribution in [0.1, 0.15) is 31.7 Å². The summed E-state index contributed by atoms with van der Waals surface area (Å²) in [6.45, 7) is 1.88. The lowest BCUT2D eigenvalue weighted by Gasteiger charge is -2.13. The van der Waals surface area contributed by atoms with Crippen LogP contribution in [0, 0.1) is 0 Å². The van der Waals surface area contributed by atoms with Gasteiger partial charge < -0.3 is 16.2 Å². The van der Waals surface area contributed by atoms with Gasteiger partial charge in [0.2, 0.25) is 5.91 Å². The maximum Gasteiger partial charge on any atom is 0.303 e. The second kappa shape index (κ2) is 7.41. The molecule has 104 valence electrons. The number of amides is 1. The van der Waals surface area contributed by atoms with Gasteiger partial charge in [-0.15, -0.1) is 0 Å². The molecule has 0 heterocycles. The molecule has 0 aliphatic rings. The first-order chi connectivity index (χ1) is 8.97. The summed E-state index contributed by atoms with van der Waals surface area (Å²) >= 11 is 0. The van der Waals surface area contributed by atoms with E-state index >= 15 is 0 Å². The van der Waals surface area contributed by atoms with Crippen LogP contribution in [-0.2, 0) is 16.0 Å². The zero-order chi connectivity index (χ0) is 14.3. The molecule has 0 fully saturated rings. The number of nitrogens with one attached hydrogen (secondary N) is 1. The van der Waals surface area contributed by atoms with E-state index in [1.807, 2.05) is 19.1 Å². The summed E-state index contributed by atoms with van der Waals surface area (Å²) in [7, 11) is 0. The van der Waals surface area contributed by atoms with E-state index in [0.29, 0.717) is 24.9 Å². The molecule has 19 heavy (non-hydrogen) atoms. The zero-order valence-corrected chi connectivity index (χ0v) is 11.1. The van der Waals surface area contributed by atoms with E-state index in [-0.39, 0.29) is 18.4 Å². The van der Waals surface area contributed by atoms with Crippen LogP contribution in [0.15, 0.2) is 24.3 Å². The van der Waals surface area contributed by atoms with Crippen molar-refractivity contribution in [1.82, 2.24) is 5.32 Å². The number of hydrogen-bond acceptors (Lipinski definition) is 3. The summed E-state index contributed by atoms with van der Waals surface area (Å²) in [6.07, 6.45) is 1.68. The summed E-state index contributed by atoms with van der Waals surface area (Å²) in [5, 5.41) is 11.4. The van der Waals surface area contributed by atoms with Gasteiger partial charge in [-0.1, -0.05) is 12.1 Å². The van der Waals surface area contributed by atoms with Crippen molar-refractivity contribution in [3.05, 3.63) is 29.8 Å². The third kappa shape index (κ3) is 6.45. The summed E-state index contributed by atoms with van der Waals surface area (Å²) < 4.78 is 0. The molecule has 1 amide bonds. The monoisotopic (exact) mass is 264 g/mol. The SMILES string of the molecule is CC(CCCC(=O)O)NC(=O)Cc1ccc(N)cc1. The number of aliphatic carboxylic acids is 1. The maximum atomic E-state index is 11.7. The summed E-state index contributed by atoms with van der Waals surface area (Å²) in [4.78, 5) is 22.1. The molecule has 5 nitrogen and oxygen atoms in total. The number of nitrogen functional groups attached to an aromatic ring is 1. The Balaban J connectivity index is 2.30. The van der Waals surface area contributed by atoms with Crippen molar-refractivity contribution < 1.29 is 14.7 Å². The fourth-order valence-electron chi connectivity index (χ4n) is 1.78. The Morgan fingerprint density at radius 2 is 1.95 bits per heavy atom. The van der Waals surface area contributed by atoms with Crippen LogP contribution < -0.4 is 11.1 Å². The van der Waals surface area contributed by atoms with Crippen LogP contribution in [-0.4, -0.2) is 23.0 Å². The second-order valence-electron chi connectivity index (χ2n) is 4.67. The number of carboxylic acids is 1. The molecule has 0 aliphatic carbocycles. The largest absolute Gasteiger partial charge is 0.481 e. The number of hydrogen-bond donors (Lipinski definition) is 3. The minimum atomic E-state index is -0.805. The molecule has 1 atom stereocenters. The van der Waals surface area contributed by atoms with Gasteiger partial charge in [-0.25, -0.2) is 0 Å². The first-order valence-electron chi connectivity index (χ1n) is 6.33. The minimum absolute atomic E-state index is 0.0133. The van der Waals surface area contributed by atoms with Crippen molar-refractivity contribution >= 4 is 17.6 Å². The van der Waals surface area contributed by atoms with Gasteiger partial charge in [0.05, 0.1) is 6.42 Å². The average molecular weight is 264 g/mol. The van der Waals surface area contributed by atoms with Gasteiger partial charge in [-0.05, 0) is 37.5 Å². The van der Waals surface area contributed by atoms with Crippen LogP contribution in [0.4, 0.5) is 5.69 Å². The smallest absolute Gasteiger partial charge is 0.303 e. The van der Waals surface area contributed by atoms with Crippen molar-refractivity contribution in [2.45, 2.75) is 38.6 Å². The molecular weight excluding hydrogens is 244 g/mol. The highest BCUT2D eigenvalue weighted by atomic mass is 16.4. The van der Waals surface area contributed by atoms with E-state index in [9.17, 15) is 9.59 Å². The first-order valence-corrected chi connectivity index (χ1v) is 6.33. The van der Waals surface area contributed by atoms with Gasteiger partial charge in [0, 0.05) is 18.2 Å². The predicted octanol–water partition coefficient (Wildman–Crippen LogP) is 1.57. The predicted molar refractivity (Wildman–Crippen MR) is 73.6 cm³/mol. The van der Waals surface area contributed by atoms with E-state index in [1.54, 1.807) is 12.1 Å². The molecular formula is C14H20N2O3. The molecule has 0 aromatic heterocycles. The van der Waals surface area contributed by atoms with Crippen LogP contribution in [0.2, 0.25) is 0 Å². The normalized spacial score (nSPS) is 11.8. The fourth-order valence-corrected chi connectivity index (χ4v) is 1.78. The Kier molecular flexibility index (Phi) is 5.85. The van der Waals surface area contributed by atoms with E-state index in [0.717, 1.165) is 5.56 Å². The third-order valence-electron chi connectivity index (χ3n) is 2.78. The summed E-state index contributed by atoms with van der Waals surface area (Å²) in [6, 6.07) is 7.16. The number of rotatable bonds is 7. The van der Waals surface area contributed by atoms with Crippen LogP contribution in [0.25, 0.3) is 0 Å². The summed E-state index contributed by atoms with van der Waals surface area (Å²) in [5.74, 6) is -0.868. The molecule has 1 rings (SSSR count). The average Bonchev–Trinajstić information content (AvgIpc) is 2.31. The topological polar surface area (TPSA) is 92.4 Å². The molecule has 0 bridgehead atoms. The number of benzene rings is 1. The van der Waals surface area contributed by atoms with Crippen molar-refractivity contribution in [3.8, 4) is 0 Å². The van der Waals surface area contributed by atoms with Gasteiger partial charge >= 0.3 is 5.97 Å². The third-order valence-corrected chi connectivity index (χ3v) is 2.78. The standard InChI is InChI=1S/C14H20N2O3/c1-10(3-2-4-14(18)19)16-13(17)9-11-5-7-12(15)8-6-11/h5-8,10H,2-4,9,15H2,1H3,(H,16,17)(H,18,19). The van der Waals surface area contributed by atoms with Crippen molar-refractivity contribution in [1.29, 1.82) is 0 Å². The molecule has 1 unspecified atom stereocenters. The molecule has 5 heteroatoms. The molecule has 4 N–H and O–H groups in total. The molecule has 1 aromatic carbocycles. The highest BCUT2D eigenvalue weighted by Crippen LogP contribution is 2.07. The molecule has 0 aliphatic heterocycles. The lowest BCUT2D eigenvalue weighted by molar-refractivity contribution is -0.137. The highest BCUT2D eigenvalue weighted by molar-refractivity contribution is 5.78. The van der Waals surface area contributed by atoms with E-state index in [1.165, 1.54) is 0 Å². The number of nitrogens with two attached hydrogens (primary N) is 1. The molecule has 0 spiro atoms. The molecule has 0 saturated carbocycles. The van der Waals surface area contributed by atoms with E-state index in [4.69, 9.17) is 10.8 Å². The molecule has 0 radical (unpaired) electrons. The highest BCUT2D eigenvalue weighted by Gasteiger charge is 2.08. The Morgan fingerprint density at radius 3 is 2.53 bits per heavy atom. The maximum absolute atomic E-state index is 11.7. The van der Waals surface area contributed by atoms with E-state index in [2.05, 4.69) is 5.32 Å². The first kappa shape index (κ1) is 15.0. The Hall–Kier alpha value is -2.04. The molecule has 0 saturated heterocycles. The van der Waals surface area contributed by atoms with Gasteiger partial charge in [0.1, 0.15) is 0 Å². The zero-order valence-electron chi connectivity index (χ0n) is 11.1. The van der Waals surface area contributed by atoms with Crippen LogP contribution >= 0.6 is 0 Å². The van der Waals surface area contributed by atoms with Gasteiger partial charge in [0.15, 0.2) is 0 Å². The number of carbonyl (C=O) groups excluding carboxylic acids is 1. The Labute approximate surface area is 112 Å². The number of carbonyl (C=O) groups is 2.